The Morgan fingerprint density at radius 3 is 2.86 bits per heavy atom. The fourth-order valence-electron chi connectivity index (χ4n) is 1.15. The van der Waals surface area contributed by atoms with Crippen molar-refractivity contribution in [3.8, 4) is 12.3 Å². The number of methoxy groups -OCH3 is 1. The summed E-state index contributed by atoms with van der Waals surface area (Å²) in [6, 6.07) is 7.17. The Morgan fingerprint density at radius 2 is 2.29 bits per heavy atom. The Kier molecular flexibility index (Phi) is 3.30. The second-order valence-electron chi connectivity index (χ2n) is 3.01. The maximum Gasteiger partial charge on any atom is 0.337 e. The van der Waals surface area contributed by atoms with Gasteiger partial charge in [0, 0.05) is 5.92 Å². The van der Waals surface area contributed by atoms with Crippen LogP contribution >= 0.6 is 0 Å². The van der Waals surface area contributed by atoms with Gasteiger partial charge in [-0.25, -0.2) is 4.79 Å². The lowest BCUT2D eigenvalue weighted by atomic mass is 10.00. The van der Waals surface area contributed by atoms with Gasteiger partial charge in [0.05, 0.1) is 12.7 Å². The van der Waals surface area contributed by atoms with Crippen molar-refractivity contribution in [1.29, 1.82) is 0 Å². The van der Waals surface area contributed by atoms with E-state index in [0.717, 1.165) is 5.56 Å². The van der Waals surface area contributed by atoms with Crippen molar-refractivity contribution in [2.45, 2.75) is 12.8 Å². The van der Waals surface area contributed by atoms with Gasteiger partial charge < -0.3 is 4.74 Å². The van der Waals surface area contributed by atoms with Gasteiger partial charge in [-0.05, 0) is 24.6 Å². The van der Waals surface area contributed by atoms with Gasteiger partial charge in [0.25, 0.3) is 0 Å². The summed E-state index contributed by atoms with van der Waals surface area (Å²) in [5, 5.41) is 0. The fraction of sp³-hybridized carbons (Fsp3) is 0.250. The molecule has 1 aromatic rings. The van der Waals surface area contributed by atoms with Crippen LogP contribution in [0.25, 0.3) is 0 Å². The number of hydrogen-bond donors (Lipinski definition) is 0. The molecule has 2 nitrogen and oxygen atoms in total. The monoisotopic (exact) mass is 188 g/mol. The van der Waals surface area contributed by atoms with Gasteiger partial charge in [0.1, 0.15) is 0 Å². The van der Waals surface area contributed by atoms with Gasteiger partial charge >= 0.3 is 5.97 Å². The van der Waals surface area contributed by atoms with E-state index >= 15 is 0 Å². The number of hydrogen-bond acceptors (Lipinski definition) is 2. The molecule has 0 heterocycles. The molecule has 0 N–H and O–H groups in total. The molecule has 72 valence electrons. The van der Waals surface area contributed by atoms with E-state index in [1.54, 1.807) is 18.2 Å². The summed E-state index contributed by atoms with van der Waals surface area (Å²) in [4.78, 5) is 11.2. The minimum Gasteiger partial charge on any atom is -0.465 e. The SMILES string of the molecule is C#CC(C)c1cccc(C(=O)OC)c1. The minimum absolute atomic E-state index is 0.0135. The Hall–Kier alpha value is -1.75. The Labute approximate surface area is 83.9 Å². The molecule has 0 fully saturated rings. The van der Waals surface area contributed by atoms with Crippen LogP contribution in [0.1, 0.15) is 28.8 Å². The van der Waals surface area contributed by atoms with Gasteiger partial charge in [-0.1, -0.05) is 18.1 Å². The zero-order chi connectivity index (χ0) is 10.6. The van der Waals surface area contributed by atoms with Crippen LogP contribution in [0.3, 0.4) is 0 Å². The molecule has 0 aromatic heterocycles. The lowest BCUT2D eigenvalue weighted by molar-refractivity contribution is 0.0600. The Morgan fingerprint density at radius 1 is 1.57 bits per heavy atom. The lowest BCUT2D eigenvalue weighted by Gasteiger charge is -2.05. The van der Waals surface area contributed by atoms with Crippen LogP contribution in [0.15, 0.2) is 24.3 Å². The number of benzene rings is 1. The first-order valence-electron chi connectivity index (χ1n) is 4.33. The number of carbonyl (C=O) groups is 1. The number of esters is 1. The van der Waals surface area contributed by atoms with E-state index in [2.05, 4.69) is 10.7 Å². The van der Waals surface area contributed by atoms with Crippen molar-refractivity contribution in [2.75, 3.05) is 7.11 Å². The highest BCUT2D eigenvalue weighted by Gasteiger charge is 2.07. The van der Waals surface area contributed by atoms with Crippen LogP contribution in [-0.2, 0) is 4.74 Å². The van der Waals surface area contributed by atoms with E-state index in [1.165, 1.54) is 7.11 Å². The molecule has 0 aliphatic rings. The third kappa shape index (κ3) is 2.14. The molecule has 0 spiro atoms. The Bertz CT molecular complexity index is 374. The van der Waals surface area contributed by atoms with Crippen LogP contribution in [-0.4, -0.2) is 13.1 Å². The summed E-state index contributed by atoms with van der Waals surface area (Å²) in [6.07, 6.45) is 5.30. The van der Waals surface area contributed by atoms with Gasteiger partial charge in [0.15, 0.2) is 0 Å². The molecule has 1 aromatic carbocycles. The average molecular weight is 188 g/mol. The quantitative estimate of drug-likeness (QED) is 0.525. The zero-order valence-electron chi connectivity index (χ0n) is 8.28. The first-order chi connectivity index (χ1) is 6.69. The molecular formula is C12H12O2. The molecule has 14 heavy (non-hydrogen) atoms. The fourth-order valence-corrected chi connectivity index (χ4v) is 1.15. The predicted molar refractivity (Wildman–Crippen MR) is 55.0 cm³/mol. The third-order valence-electron chi connectivity index (χ3n) is 2.06. The summed E-state index contributed by atoms with van der Waals surface area (Å²) in [7, 11) is 1.36. The summed E-state index contributed by atoms with van der Waals surface area (Å²) < 4.78 is 4.61. The second-order valence-corrected chi connectivity index (χ2v) is 3.01. The zero-order valence-corrected chi connectivity index (χ0v) is 8.28. The average Bonchev–Trinajstić information content (AvgIpc) is 2.27. The van der Waals surface area contributed by atoms with Gasteiger partial charge in [-0.15, -0.1) is 6.42 Å². The molecule has 2 heteroatoms. The molecule has 1 rings (SSSR count). The topological polar surface area (TPSA) is 26.3 Å². The molecule has 0 amide bonds. The van der Waals surface area contributed by atoms with E-state index in [4.69, 9.17) is 6.42 Å². The molecular weight excluding hydrogens is 176 g/mol. The molecule has 0 aliphatic carbocycles. The molecule has 0 saturated carbocycles. The maximum atomic E-state index is 11.2. The van der Waals surface area contributed by atoms with Crippen molar-refractivity contribution in [2.24, 2.45) is 0 Å². The number of ether oxygens (including phenoxy) is 1. The third-order valence-corrected chi connectivity index (χ3v) is 2.06. The highest BCUT2D eigenvalue weighted by molar-refractivity contribution is 5.89. The van der Waals surface area contributed by atoms with Gasteiger partial charge in [-0.3, -0.25) is 0 Å². The van der Waals surface area contributed by atoms with Crippen molar-refractivity contribution < 1.29 is 9.53 Å². The first-order valence-corrected chi connectivity index (χ1v) is 4.33. The molecule has 1 atom stereocenters. The van der Waals surface area contributed by atoms with Crippen molar-refractivity contribution in [3.63, 3.8) is 0 Å². The number of terminal acetylenes is 1. The molecule has 0 bridgehead atoms. The van der Waals surface area contributed by atoms with Gasteiger partial charge in [0.2, 0.25) is 0 Å². The molecule has 0 saturated heterocycles. The van der Waals surface area contributed by atoms with E-state index in [0.29, 0.717) is 5.56 Å². The smallest absolute Gasteiger partial charge is 0.337 e. The van der Waals surface area contributed by atoms with E-state index in [-0.39, 0.29) is 11.9 Å². The van der Waals surface area contributed by atoms with Crippen LogP contribution in [0, 0.1) is 12.3 Å². The summed E-state index contributed by atoms with van der Waals surface area (Å²) >= 11 is 0. The highest BCUT2D eigenvalue weighted by Crippen LogP contribution is 2.15. The van der Waals surface area contributed by atoms with E-state index in [1.807, 2.05) is 13.0 Å². The molecule has 1 unspecified atom stereocenters. The van der Waals surface area contributed by atoms with E-state index in [9.17, 15) is 4.79 Å². The standard InChI is InChI=1S/C12H12O2/c1-4-9(2)10-6-5-7-11(8-10)12(13)14-3/h1,5-9H,2-3H3. The summed E-state index contributed by atoms with van der Waals surface area (Å²) in [6.45, 7) is 1.91. The minimum atomic E-state index is -0.337. The van der Waals surface area contributed by atoms with Crippen LogP contribution in [0.2, 0.25) is 0 Å². The summed E-state index contributed by atoms with van der Waals surface area (Å²) in [5.74, 6) is 2.29. The normalized spacial score (nSPS) is 11.5. The second kappa shape index (κ2) is 4.48. The van der Waals surface area contributed by atoms with Crippen LogP contribution in [0.4, 0.5) is 0 Å². The Balaban J connectivity index is 3.02. The highest BCUT2D eigenvalue weighted by atomic mass is 16.5. The van der Waals surface area contributed by atoms with Crippen molar-refractivity contribution in [1.82, 2.24) is 0 Å². The molecule has 0 aliphatic heterocycles. The number of rotatable bonds is 2. The van der Waals surface area contributed by atoms with Crippen LogP contribution < -0.4 is 0 Å². The largest absolute Gasteiger partial charge is 0.465 e. The maximum absolute atomic E-state index is 11.2. The molecule has 0 radical (unpaired) electrons. The first kappa shape index (κ1) is 10.3. The van der Waals surface area contributed by atoms with Crippen molar-refractivity contribution in [3.05, 3.63) is 35.4 Å². The van der Waals surface area contributed by atoms with Gasteiger partial charge in [-0.2, -0.15) is 0 Å². The number of carbonyl (C=O) groups excluding carboxylic acids is 1. The lowest BCUT2D eigenvalue weighted by Crippen LogP contribution is -2.02. The predicted octanol–water partition coefficient (Wildman–Crippen LogP) is 2.21. The van der Waals surface area contributed by atoms with Crippen molar-refractivity contribution >= 4 is 5.97 Å². The van der Waals surface area contributed by atoms with Crippen LogP contribution in [0.5, 0.6) is 0 Å². The summed E-state index contributed by atoms with van der Waals surface area (Å²) in [5.41, 5.74) is 1.49. The van der Waals surface area contributed by atoms with E-state index < -0.39 is 0 Å².